The molecule has 1 aromatic carbocycles. The average Bonchev–Trinajstić information content (AvgIpc) is 3.39. The fraction of sp³-hybridized carbons (Fsp3) is 0.421. The number of para-hydroxylation sites is 1. The standard InChI is InChI=1S/C19H21N3O3/c23-18(20-15-4-2-1-3-5-15)14-8-10-22(11-9-14)19(24)16-12-17(25-21-16)13-6-7-13/h1-5,12-14H,6-11H2,(H,20,23). The Morgan fingerprint density at radius 2 is 1.80 bits per heavy atom. The van der Waals surface area contributed by atoms with Crippen molar-refractivity contribution in [3.05, 3.63) is 47.9 Å². The van der Waals surface area contributed by atoms with Gasteiger partial charge in [-0.25, -0.2) is 0 Å². The quantitative estimate of drug-likeness (QED) is 0.929. The largest absolute Gasteiger partial charge is 0.360 e. The second kappa shape index (κ2) is 6.70. The molecule has 2 amide bonds. The number of anilines is 1. The SMILES string of the molecule is O=C(Nc1ccccc1)C1CCN(C(=O)c2cc(C3CC3)on2)CC1. The Labute approximate surface area is 146 Å². The predicted molar refractivity (Wildman–Crippen MR) is 92.2 cm³/mol. The zero-order chi connectivity index (χ0) is 17.2. The van der Waals surface area contributed by atoms with E-state index < -0.39 is 0 Å². The monoisotopic (exact) mass is 339 g/mol. The number of nitrogens with one attached hydrogen (secondary N) is 1. The maximum Gasteiger partial charge on any atom is 0.276 e. The Kier molecular flexibility index (Phi) is 4.26. The highest BCUT2D eigenvalue weighted by molar-refractivity contribution is 5.94. The number of rotatable bonds is 4. The van der Waals surface area contributed by atoms with Gasteiger partial charge in [0.1, 0.15) is 5.76 Å². The number of benzene rings is 1. The van der Waals surface area contributed by atoms with Crippen LogP contribution in [0.2, 0.25) is 0 Å². The highest BCUT2D eigenvalue weighted by Crippen LogP contribution is 2.40. The maximum atomic E-state index is 12.5. The van der Waals surface area contributed by atoms with Crippen molar-refractivity contribution in [3.8, 4) is 0 Å². The maximum absolute atomic E-state index is 12.5. The fourth-order valence-electron chi connectivity index (χ4n) is 3.22. The summed E-state index contributed by atoms with van der Waals surface area (Å²) in [5.41, 5.74) is 1.19. The van der Waals surface area contributed by atoms with Crippen LogP contribution in [0.15, 0.2) is 40.9 Å². The molecule has 1 aliphatic carbocycles. The van der Waals surface area contributed by atoms with Gasteiger partial charge >= 0.3 is 0 Å². The summed E-state index contributed by atoms with van der Waals surface area (Å²) in [5.74, 6) is 1.12. The van der Waals surface area contributed by atoms with Crippen molar-refractivity contribution in [1.82, 2.24) is 10.1 Å². The van der Waals surface area contributed by atoms with Crippen molar-refractivity contribution in [2.45, 2.75) is 31.6 Å². The first-order valence-electron chi connectivity index (χ1n) is 8.82. The molecule has 0 atom stereocenters. The van der Waals surface area contributed by atoms with Gasteiger partial charge < -0.3 is 14.7 Å². The molecular formula is C19H21N3O3. The highest BCUT2D eigenvalue weighted by atomic mass is 16.5. The van der Waals surface area contributed by atoms with Gasteiger partial charge in [0.15, 0.2) is 5.69 Å². The minimum Gasteiger partial charge on any atom is -0.360 e. The van der Waals surface area contributed by atoms with Gasteiger partial charge in [-0.15, -0.1) is 0 Å². The Balaban J connectivity index is 1.31. The van der Waals surface area contributed by atoms with E-state index in [9.17, 15) is 9.59 Å². The van der Waals surface area contributed by atoms with Crippen molar-refractivity contribution in [2.75, 3.05) is 18.4 Å². The molecule has 2 aliphatic rings. The van der Waals surface area contributed by atoms with Gasteiger partial charge in [0.05, 0.1) is 0 Å². The molecule has 6 nitrogen and oxygen atoms in total. The second-order valence-corrected chi connectivity index (χ2v) is 6.81. The van der Waals surface area contributed by atoms with Crippen LogP contribution in [-0.4, -0.2) is 35.0 Å². The molecule has 25 heavy (non-hydrogen) atoms. The number of likely N-dealkylation sites (tertiary alicyclic amines) is 1. The summed E-state index contributed by atoms with van der Waals surface area (Å²) in [6.45, 7) is 1.13. The predicted octanol–water partition coefficient (Wildman–Crippen LogP) is 3.04. The third kappa shape index (κ3) is 3.57. The Morgan fingerprint density at radius 1 is 1.08 bits per heavy atom. The molecule has 2 heterocycles. The minimum absolute atomic E-state index is 0.0238. The topological polar surface area (TPSA) is 75.4 Å². The molecule has 130 valence electrons. The molecule has 1 N–H and O–H groups in total. The number of aromatic nitrogens is 1. The zero-order valence-electron chi connectivity index (χ0n) is 14.0. The lowest BCUT2D eigenvalue weighted by molar-refractivity contribution is -0.121. The lowest BCUT2D eigenvalue weighted by Crippen LogP contribution is -2.41. The first-order chi connectivity index (χ1) is 12.2. The molecule has 1 aromatic heterocycles. The number of nitrogens with zero attached hydrogens (tertiary/aromatic N) is 2. The van der Waals surface area contributed by atoms with Crippen molar-refractivity contribution < 1.29 is 14.1 Å². The van der Waals surface area contributed by atoms with Crippen LogP contribution < -0.4 is 5.32 Å². The molecule has 2 fully saturated rings. The second-order valence-electron chi connectivity index (χ2n) is 6.81. The number of carbonyl (C=O) groups excluding carboxylic acids is 2. The van der Waals surface area contributed by atoms with Crippen molar-refractivity contribution in [3.63, 3.8) is 0 Å². The van der Waals surface area contributed by atoms with E-state index in [0.717, 1.165) is 24.3 Å². The fourth-order valence-corrected chi connectivity index (χ4v) is 3.22. The summed E-state index contributed by atoms with van der Waals surface area (Å²) in [7, 11) is 0. The molecule has 4 rings (SSSR count). The van der Waals surface area contributed by atoms with E-state index in [2.05, 4.69) is 10.5 Å². The van der Waals surface area contributed by atoms with E-state index in [0.29, 0.717) is 37.5 Å². The van der Waals surface area contributed by atoms with Crippen LogP contribution in [0.1, 0.15) is 47.8 Å². The van der Waals surface area contributed by atoms with E-state index >= 15 is 0 Å². The summed E-state index contributed by atoms with van der Waals surface area (Å²) in [6.07, 6.45) is 3.56. The molecule has 1 saturated heterocycles. The third-order valence-corrected chi connectivity index (χ3v) is 4.92. The number of carbonyl (C=O) groups is 2. The van der Waals surface area contributed by atoms with Gasteiger partial charge in [-0.3, -0.25) is 9.59 Å². The Hall–Kier alpha value is -2.63. The average molecular weight is 339 g/mol. The van der Waals surface area contributed by atoms with E-state index in [4.69, 9.17) is 4.52 Å². The lowest BCUT2D eigenvalue weighted by atomic mass is 9.95. The van der Waals surface area contributed by atoms with Crippen LogP contribution in [0, 0.1) is 5.92 Å². The van der Waals surface area contributed by atoms with Crippen molar-refractivity contribution in [2.24, 2.45) is 5.92 Å². The molecule has 0 unspecified atom stereocenters. The summed E-state index contributed by atoms with van der Waals surface area (Å²) in [5, 5.41) is 6.86. The normalized spacial score (nSPS) is 18.2. The molecule has 0 radical (unpaired) electrons. The number of hydrogen-bond acceptors (Lipinski definition) is 4. The van der Waals surface area contributed by atoms with Crippen molar-refractivity contribution in [1.29, 1.82) is 0 Å². The molecular weight excluding hydrogens is 318 g/mol. The van der Waals surface area contributed by atoms with Crippen LogP contribution in [0.5, 0.6) is 0 Å². The van der Waals surface area contributed by atoms with Crippen LogP contribution in [-0.2, 0) is 4.79 Å². The summed E-state index contributed by atoms with van der Waals surface area (Å²) >= 11 is 0. The lowest BCUT2D eigenvalue weighted by Gasteiger charge is -2.30. The third-order valence-electron chi connectivity index (χ3n) is 4.92. The smallest absolute Gasteiger partial charge is 0.276 e. The first-order valence-corrected chi connectivity index (χ1v) is 8.82. The number of hydrogen-bond donors (Lipinski definition) is 1. The molecule has 6 heteroatoms. The number of piperidine rings is 1. The van der Waals surface area contributed by atoms with Gasteiger partial charge in [-0.05, 0) is 37.8 Å². The molecule has 0 spiro atoms. The van der Waals surface area contributed by atoms with Gasteiger partial charge in [0.25, 0.3) is 5.91 Å². The van der Waals surface area contributed by atoms with Crippen LogP contribution in [0.3, 0.4) is 0 Å². The van der Waals surface area contributed by atoms with Gasteiger partial charge in [0, 0.05) is 36.7 Å². The first kappa shape index (κ1) is 15.9. The Bertz CT molecular complexity index is 759. The summed E-state index contributed by atoms with van der Waals surface area (Å²) in [6, 6.07) is 11.2. The zero-order valence-corrected chi connectivity index (χ0v) is 14.0. The van der Waals surface area contributed by atoms with E-state index in [1.165, 1.54) is 0 Å². The molecule has 0 bridgehead atoms. The van der Waals surface area contributed by atoms with Gasteiger partial charge in [0.2, 0.25) is 5.91 Å². The minimum atomic E-state index is -0.0995. The summed E-state index contributed by atoms with van der Waals surface area (Å²) < 4.78 is 5.26. The summed E-state index contributed by atoms with van der Waals surface area (Å²) in [4.78, 5) is 26.6. The van der Waals surface area contributed by atoms with Crippen LogP contribution in [0.4, 0.5) is 5.69 Å². The highest BCUT2D eigenvalue weighted by Gasteiger charge is 2.32. The molecule has 1 aliphatic heterocycles. The van der Waals surface area contributed by atoms with E-state index in [-0.39, 0.29) is 17.7 Å². The van der Waals surface area contributed by atoms with Crippen LogP contribution >= 0.6 is 0 Å². The van der Waals surface area contributed by atoms with E-state index in [1.807, 2.05) is 30.3 Å². The van der Waals surface area contributed by atoms with Crippen molar-refractivity contribution >= 4 is 17.5 Å². The number of amides is 2. The Morgan fingerprint density at radius 3 is 2.48 bits per heavy atom. The molecule has 2 aromatic rings. The van der Waals surface area contributed by atoms with Gasteiger partial charge in [-0.1, -0.05) is 23.4 Å². The molecule has 1 saturated carbocycles. The van der Waals surface area contributed by atoms with Gasteiger partial charge in [-0.2, -0.15) is 0 Å². The van der Waals surface area contributed by atoms with E-state index in [1.54, 1.807) is 11.0 Å². The van der Waals surface area contributed by atoms with Crippen LogP contribution in [0.25, 0.3) is 0 Å².